The van der Waals surface area contributed by atoms with Gasteiger partial charge in [0.25, 0.3) is 0 Å². The number of aryl methyl sites for hydroxylation is 1. The van der Waals surface area contributed by atoms with Crippen LogP contribution in [0.2, 0.25) is 0 Å². The molecule has 0 bridgehead atoms. The van der Waals surface area contributed by atoms with Crippen LogP contribution < -0.4 is 5.32 Å². The molecule has 2 amide bonds. The Balaban J connectivity index is 2.70. The highest BCUT2D eigenvalue weighted by Gasteiger charge is 2.18. The van der Waals surface area contributed by atoms with Crippen LogP contribution >= 0.6 is 11.3 Å². The van der Waals surface area contributed by atoms with E-state index in [2.05, 4.69) is 15.0 Å². The zero-order chi connectivity index (χ0) is 15.3. The number of carbonyl (C=O) groups excluding carboxylic acids is 2. The first-order valence-electron chi connectivity index (χ1n) is 6.04. The number of esters is 1. The lowest BCUT2D eigenvalue weighted by atomic mass is 10.2. The van der Waals surface area contributed by atoms with E-state index < -0.39 is 5.97 Å². The third kappa shape index (κ3) is 4.34. The zero-order valence-electron chi connectivity index (χ0n) is 12.3. The van der Waals surface area contributed by atoms with E-state index in [9.17, 15) is 9.59 Å². The van der Waals surface area contributed by atoms with E-state index in [0.717, 1.165) is 10.7 Å². The Morgan fingerprint density at radius 1 is 1.45 bits per heavy atom. The predicted molar refractivity (Wildman–Crippen MR) is 77.2 cm³/mol. The third-order valence-corrected chi connectivity index (χ3v) is 3.36. The van der Waals surface area contributed by atoms with Gasteiger partial charge in [0.2, 0.25) is 0 Å². The number of aromatic nitrogens is 1. The van der Waals surface area contributed by atoms with Gasteiger partial charge in [-0.2, -0.15) is 0 Å². The molecule has 0 aromatic carbocycles. The minimum Gasteiger partial charge on any atom is -0.464 e. The summed E-state index contributed by atoms with van der Waals surface area (Å²) < 4.78 is 4.64. The Kier molecular flexibility index (Phi) is 5.69. The number of hydrogen-bond acceptors (Lipinski definition) is 5. The highest BCUT2D eigenvalue weighted by atomic mass is 32.1. The molecule has 7 heteroatoms. The largest absolute Gasteiger partial charge is 0.464 e. The summed E-state index contributed by atoms with van der Waals surface area (Å²) in [5, 5.41) is 5.42. The van der Waals surface area contributed by atoms with Gasteiger partial charge in [0, 0.05) is 12.4 Å². The molecule has 0 aliphatic carbocycles. The maximum absolute atomic E-state index is 12.0. The number of amides is 2. The summed E-state index contributed by atoms with van der Waals surface area (Å²) in [6.45, 7) is 5.76. The van der Waals surface area contributed by atoms with Crippen molar-refractivity contribution < 1.29 is 14.3 Å². The van der Waals surface area contributed by atoms with Crippen LogP contribution in [0.5, 0.6) is 0 Å². The second-order valence-corrected chi connectivity index (χ2v) is 5.57. The molecule has 0 unspecified atom stereocenters. The molecule has 0 saturated heterocycles. The topological polar surface area (TPSA) is 71.5 Å². The van der Waals surface area contributed by atoms with Crippen LogP contribution in [0.15, 0.2) is 16.7 Å². The minimum absolute atomic E-state index is 0.166. The first-order chi connectivity index (χ1) is 9.35. The zero-order valence-corrected chi connectivity index (χ0v) is 13.1. The molecule has 6 nitrogen and oxygen atoms in total. The van der Waals surface area contributed by atoms with E-state index in [4.69, 9.17) is 0 Å². The molecule has 1 rings (SSSR count). The van der Waals surface area contributed by atoms with Crippen molar-refractivity contribution >= 4 is 23.3 Å². The molecular weight excluding hydrogens is 278 g/mol. The molecule has 0 aliphatic rings. The van der Waals surface area contributed by atoms with Gasteiger partial charge >= 0.3 is 12.0 Å². The lowest BCUT2D eigenvalue weighted by Crippen LogP contribution is -2.38. The molecule has 1 heterocycles. The maximum Gasteiger partial charge on any atom is 0.354 e. The summed E-state index contributed by atoms with van der Waals surface area (Å²) in [4.78, 5) is 29.3. The van der Waals surface area contributed by atoms with E-state index in [1.807, 2.05) is 12.3 Å². The molecule has 1 aromatic rings. The van der Waals surface area contributed by atoms with Gasteiger partial charge in [-0.25, -0.2) is 14.6 Å². The first kappa shape index (κ1) is 16.2. The van der Waals surface area contributed by atoms with E-state index in [1.54, 1.807) is 20.9 Å². The van der Waals surface area contributed by atoms with Gasteiger partial charge in [-0.05, 0) is 26.3 Å². The Bertz CT molecular complexity index is 533. The van der Waals surface area contributed by atoms with Gasteiger partial charge in [0.15, 0.2) is 0 Å². The fourth-order valence-electron chi connectivity index (χ4n) is 1.48. The number of allylic oxidation sites excluding steroid dienone is 1. The van der Waals surface area contributed by atoms with E-state index >= 15 is 0 Å². The van der Waals surface area contributed by atoms with Crippen LogP contribution in [0, 0.1) is 6.92 Å². The van der Waals surface area contributed by atoms with Crippen LogP contribution in [-0.4, -0.2) is 36.0 Å². The summed E-state index contributed by atoms with van der Waals surface area (Å²) in [5.74, 6) is -0.559. The van der Waals surface area contributed by atoms with Crippen molar-refractivity contribution in [1.29, 1.82) is 0 Å². The van der Waals surface area contributed by atoms with Gasteiger partial charge < -0.3 is 15.0 Å². The van der Waals surface area contributed by atoms with E-state index in [0.29, 0.717) is 12.1 Å². The summed E-state index contributed by atoms with van der Waals surface area (Å²) >= 11 is 1.53. The summed E-state index contributed by atoms with van der Waals surface area (Å²) in [5.41, 5.74) is 1.67. The van der Waals surface area contributed by atoms with Gasteiger partial charge in [0.1, 0.15) is 5.70 Å². The number of nitrogens with zero attached hydrogens (tertiary/aromatic N) is 2. The monoisotopic (exact) mass is 297 g/mol. The fourth-order valence-corrected chi connectivity index (χ4v) is 2.08. The van der Waals surface area contributed by atoms with Crippen molar-refractivity contribution in [1.82, 2.24) is 15.2 Å². The number of thiazole rings is 1. The van der Waals surface area contributed by atoms with Crippen molar-refractivity contribution in [2.24, 2.45) is 0 Å². The molecule has 110 valence electrons. The number of ether oxygens (including phenoxy) is 1. The average Bonchev–Trinajstić information content (AvgIpc) is 2.79. The highest BCUT2D eigenvalue weighted by Crippen LogP contribution is 2.10. The number of methoxy groups -OCH3 is 1. The Morgan fingerprint density at radius 3 is 2.55 bits per heavy atom. The molecule has 0 aliphatic heterocycles. The molecule has 20 heavy (non-hydrogen) atoms. The Labute approximate surface area is 122 Å². The van der Waals surface area contributed by atoms with Gasteiger partial charge in [-0.3, -0.25) is 0 Å². The Hall–Kier alpha value is -1.89. The number of rotatable bonds is 4. The number of hydrogen-bond donors (Lipinski definition) is 1. The SMILES string of the molecule is COC(=O)C(NC(=O)N(C)Cc1csc(C)n1)=C(C)C. The first-order valence-corrected chi connectivity index (χ1v) is 6.92. The summed E-state index contributed by atoms with van der Waals surface area (Å²) in [7, 11) is 2.92. The molecular formula is C13H19N3O3S. The van der Waals surface area contributed by atoms with Crippen molar-refractivity contribution in [3.05, 3.63) is 27.4 Å². The molecule has 0 saturated carbocycles. The molecule has 0 fully saturated rings. The second kappa shape index (κ2) is 7.04. The van der Waals surface area contributed by atoms with Crippen LogP contribution in [0.25, 0.3) is 0 Å². The molecule has 1 N–H and O–H groups in total. The van der Waals surface area contributed by atoms with Gasteiger partial charge in [0.05, 0.1) is 24.4 Å². The fraction of sp³-hybridized carbons (Fsp3) is 0.462. The van der Waals surface area contributed by atoms with Crippen LogP contribution in [0.3, 0.4) is 0 Å². The lowest BCUT2D eigenvalue weighted by molar-refractivity contribution is -0.136. The molecule has 0 radical (unpaired) electrons. The quantitative estimate of drug-likeness (QED) is 0.682. The molecule has 0 spiro atoms. The summed E-state index contributed by atoms with van der Waals surface area (Å²) in [6.07, 6.45) is 0. The Morgan fingerprint density at radius 2 is 2.10 bits per heavy atom. The maximum atomic E-state index is 12.0. The van der Waals surface area contributed by atoms with Crippen LogP contribution in [0.1, 0.15) is 24.5 Å². The lowest BCUT2D eigenvalue weighted by Gasteiger charge is -2.18. The number of urea groups is 1. The van der Waals surface area contributed by atoms with E-state index in [1.165, 1.54) is 23.3 Å². The number of nitrogens with one attached hydrogen (secondary N) is 1. The minimum atomic E-state index is -0.559. The van der Waals surface area contributed by atoms with E-state index in [-0.39, 0.29) is 11.7 Å². The third-order valence-electron chi connectivity index (χ3n) is 2.53. The average molecular weight is 297 g/mol. The van der Waals surface area contributed by atoms with Crippen LogP contribution in [-0.2, 0) is 16.1 Å². The highest BCUT2D eigenvalue weighted by molar-refractivity contribution is 7.09. The van der Waals surface area contributed by atoms with Crippen molar-refractivity contribution in [2.45, 2.75) is 27.3 Å². The number of carbonyl (C=O) groups is 2. The normalized spacial score (nSPS) is 9.85. The standard InChI is InChI=1S/C13H19N3O3S/c1-8(2)11(12(17)19-5)15-13(18)16(4)6-10-7-20-9(3)14-10/h7H,6H2,1-5H3,(H,15,18). The predicted octanol–water partition coefficient (Wildman–Crippen LogP) is 2.06. The second-order valence-electron chi connectivity index (χ2n) is 4.51. The molecule has 0 atom stereocenters. The van der Waals surface area contributed by atoms with Crippen molar-refractivity contribution in [2.75, 3.05) is 14.2 Å². The van der Waals surface area contributed by atoms with Crippen LogP contribution in [0.4, 0.5) is 4.79 Å². The van der Waals surface area contributed by atoms with Gasteiger partial charge in [-0.1, -0.05) is 0 Å². The summed E-state index contributed by atoms with van der Waals surface area (Å²) in [6, 6.07) is -0.378. The van der Waals surface area contributed by atoms with Gasteiger partial charge in [-0.15, -0.1) is 11.3 Å². The van der Waals surface area contributed by atoms with Crippen molar-refractivity contribution in [3.8, 4) is 0 Å². The molecule has 1 aromatic heterocycles. The van der Waals surface area contributed by atoms with Crippen molar-refractivity contribution in [3.63, 3.8) is 0 Å². The smallest absolute Gasteiger partial charge is 0.354 e.